The van der Waals surface area contributed by atoms with Crippen molar-refractivity contribution in [2.75, 3.05) is 33.8 Å². The van der Waals surface area contributed by atoms with Crippen LogP contribution >= 0.6 is 46.4 Å². The number of aldehydes is 1. The van der Waals surface area contributed by atoms with Crippen LogP contribution in [0.2, 0.25) is 20.1 Å². The Morgan fingerprint density at radius 1 is 0.357 bits per heavy atom. The van der Waals surface area contributed by atoms with Crippen molar-refractivity contribution in [3.8, 4) is 47.3 Å². The first-order valence-corrected chi connectivity index (χ1v) is 42.0. The number of pyridine rings is 4. The number of halogens is 4. The van der Waals surface area contributed by atoms with E-state index in [9.17, 15) is 71.8 Å². The zero-order chi connectivity index (χ0) is 88.6. The van der Waals surface area contributed by atoms with Crippen molar-refractivity contribution in [1.29, 1.82) is 21.0 Å². The molecule has 4 fully saturated rings. The molecule has 0 unspecified atom stereocenters. The van der Waals surface area contributed by atoms with Gasteiger partial charge in [-0.3, -0.25) is 19.9 Å². The first-order valence-electron chi connectivity index (χ1n) is 40.5. The summed E-state index contributed by atoms with van der Waals surface area (Å²) in [5, 5.41) is 150. The Balaban J connectivity index is 0.000000119. The number of ether oxygens (including phenoxy) is 4. The highest BCUT2D eigenvalue weighted by Crippen LogP contribution is 2.73. The highest BCUT2D eigenvalue weighted by Gasteiger charge is 2.81. The van der Waals surface area contributed by atoms with Gasteiger partial charge in [0.2, 0.25) is 0 Å². The molecule has 4 aliphatic heterocycles. The zero-order valence-corrected chi connectivity index (χ0v) is 70.2. The van der Waals surface area contributed by atoms with Crippen molar-refractivity contribution in [2.24, 2.45) is 23.7 Å². The minimum absolute atomic E-state index is 0.124. The Morgan fingerprint density at radius 3 is 0.825 bits per heavy atom. The number of fused-ring (bicyclic) bond motifs is 12. The van der Waals surface area contributed by atoms with Crippen LogP contribution < -0.4 is 29.6 Å². The van der Waals surface area contributed by atoms with Crippen LogP contribution in [0.5, 0.6) is 23.0 Å². The molecule has 4 aromatic heterocycles. The lowest BCUT2D eigenvalue weighted by Crippen LogP contribution is -2.52. The number of hydrogen-bond acceptors (Lipinski definition) is 24. The lowest BCUT2D eigenvalue weighted by Gasteiger charge is -2.40. The molecule has 8 aromatic carbocycles. The standard InChI is InChI=1S/2C25H22ClN3O3.C24H19ClN2O4.C24H17ClN2O4/c2*1-28-14-19-21(16-5-3-2-4-6-16)25(17-9-7-15(12-27)8-10-17)24(31,23(19)30)22-20(32-25)11-18(26)13-29-22;2*25-17-10-19-21(27-12-17)23(30)22(29)18(13-28)20(15-4-2-1-3-5-15)24(23,31-19)16-8-6-14(11-26)7-9-16/h2*2-11,13,19,21,23,28,30-31H,14H2,1H3;1-10,12,18,20,22,28-30H,13H2;1-10,12-13,18,20,22,29-30H/t2*19-,21-,23-,24+,25+;2*18-,20-,22-,23+,24+/m1111/s1. The Bertz CT molecular complexity index is 6120. The van der Waals surface area contributed by atoms with E-state index >= 15 is 0 Å². The van der Waals surface area contributed by atoms with Crippen molar-refractivity contribution < 1.29 is 69.7 Å². The number of benzene rings is 8. The molecular formula is C98H80Cl4N10O14. The quantitative estimate of drug-likeness (QED) is 0.0450. The molecule has 4 aliphatic carbocycles. The van der Waals surface area contributed by atoms with Gasteiger partial charge in [-0.15, -0.1) is 0 Å². The van der Waals surface area contributed by atoms with Gasteiger partial charge in [0.15, 0.2) is 44.8 Å². The lowest BCUT2D eigenvalue weighted by molar-refractivity contribution is -0.154. The number of aliphatic hydroxyl groups is 9. The van der Waals surface area contributed by atoms with E-state index in [0.29, 0.717) is 95.5 Å². The molecule has 28 heteroatoms. The van der Waals surface area contributed by atoms with Crippen molar-refractivity contribution in [1.82, 2.24) is 30.6 Å². The molecule has 8 heterocycles. The zero-order valence-electron chi connectivity index (χ0n) is 67.2. The fraction of sp³-hybridized carbons (Fsp3) is 0.255. The van der Waals surface area contributed by atoms with E-state index in [1.54, 1.807) is 115 Å². The molecule has 12 aromatic rings. The Hall–Kier alpha value is -12.1. The monoisotopic (exact) mass is 1760 g/mol. The minimum Gasteiger partial charge on any atom is -0.476 e. The largest absolute Gasteiger partial charge is 0.476 e. The van der Waals surface area contributed by atoms with E-state index in [-0.39, 0.29) is 52.7 Å². The van der Waals surface area contributed by atoms with Gasteiger partial charge in [0.05, 0.1) is 90.9 Å². The number of nitrogens with zero attached hydrogens (tertiary/aromatic N) is 8. The molecule has 0 radical (unpaired) electrons. The fourth-order valence-electron chi connectivity index (χ4n) is 21.4. The molecule has 8 aliphatic rings. The number of hydrogen-bond donors (Lipinski definition) is 11. The van der Waals surface area contributed by atoms with Gasteiger partial charge in [-0.1, -0.05) is 216 Å². The predicted octanol–water partition coefficient (Wildman–Crippen LogP) is 12.1. The van der Waals surface area contributed by atoms with Gasteiger partial charge in [-0.25, -0.2) is 0 Å². The Kier molecular flexibility index (Phi) is 22.8. The van der Waals surface area contributed by atoms with Gasteiger partial charge < -0.3 is 80.3 Å². The van der Waals surface area contributed by atoms with Crippen LogP contribution in [0.15, 0.2) is 267 Å². The molecule has 0 amide bonds. The number of nitrogens with one attached hydrogen (secondary N) is 2. The molecule has 24 nitrogen and oxygen atoms in total. The van der Waals surface area contributed by atoms with Crippen LogP contribution in [0.4, 0.5) is 0 Å². The van der Waals surface area contributed by atoms with Crippen LogP contribution in [0.1, 0.15) is 113 Å². The van der Waals surface area contributed by atoms with Gasteiger partial charge in [-0.05, 0) is 107 Å². The van der Waals surface area contributed by atoms with E-state index < -0.39 is 105 Å². The number of rotatable bonds is 14. The van der Waals surface area contributed by atoms with Gasteiger partial charge in [0.25, 0.3) is 0 Å². The van der Waals surface area contributed by atoms with Crippen LogP contribution in [-0.2, 0) is 49.6 Å². The SMILES string of the molecule is CNC[C@H]1[C@@H](O)[C@@]2(O)c3ncc(Cl)cc3O[C@@]2(c2ccc(C#N)cc2)[C@@H]1c1ccccc1.CNC[C@H]1[C@@H](O)[C@@]2(O)c3ncc(Cl)cc3O[C@@]2(c2ccc(C#N)cc2)[C@@H]1c1ccccc1.N#Cc1ccc([C@@]23Oc4cc(Cl)cnc4[C@]2(O)[C@H](O)[C@H](C=O)[C@H]3c2ccccc2)cc1.N#Cc1ccc([C@@]23Oc4cc(Cl)cnc4[C@]2(O)[C@H](O)[C@H](CO)[C@H]3c2ccccc2)cc1. The average Bonchev–Trinajstić information content (AvgIpc) is 1.54. The Morgan fingerprint density at radius 2 is 0.587 bits per heavy atom. The van der Waals surface area contributed by atoms with Crippen LogP contribution in [0, 0.1) is 69.0 Å². The molecule has 11 N–H and O–H groups in total. The predicted molar refractivity (Wildman–Crippen MR) is 462 cm³/mol. The van der Waals surface area contributed by atoms with E-state index in [0.717, 1.165) is 22.3 Å². The number of aromatic nitrogens is 4. The Labute approximate surface area is 744 Å². The van der Waals surface area contributed by atoms with Crippen molar-refractivity contribution >= 4 is 52.7 Å². The summed E-state index contributed by atoms with van der Waals surface area (Å²) in [6.07, 6.45) is 1.12. The first-order chi connectivity index (χ1) is 60.9. The second-order valence-corrected chi connectivity index (χ2v) is 34.3. The second-order valence-electron chi connectivity index (χ2n) is 32.5. The molecule has 0 saturated heterocycles. The van der Waals surface area contributed by atoms with Gasteiger partial charge in [0, 0.05) is 110 Å². The second kappa shape index (κ2) is 33.4. The third-order valence-electron chi connectivity index (χ3n) is 26.4. The summed E-state index contributed by atoms with van der Waals surface area (Å²) in [6, 6.07) is 79.9. The molecule has 0 spiro atoms. The van der Waals surface area contributed by atoms with Crippen molar-refractivity contribution in [3.63, 3.8) is 0 Å². The van der Waals surface area contributed by atoms with Gasteiger partial charge in [0.1, 0.15) is 58.2 Å². The summed E-state index contributed by atoms with van der Waals surface area (Å²) in [7, 11) is 3.63. The van der Waals surface area contributed by atoms with Crippen molar-refractivity contribution in [3.05, 3.63) is 377 Å². The van der Waals surface area contributed by atoms with Crippen molar-refractivity contribution in [2.45, 2.75) is 92.9 Å². The van der Waals surface area contributed by atoms with Crippen LogP contribution in [-0.4, -0.2) is 130 Å². The average molecular weight is 1760 g/mol. The van der Waals surface area contributed by atoms with Crippen LogP contribution in [0.3, 0.4) is 0 Å². The highest BCUT2D eigenvalue weighted by molar-refractivity contribution is 6.31. The summed E-state index contributed by atoms with van der Waals surface area (Å²) in [4.78, 5) is 29.6. The maximum absolute atomic E-state index is 12.3. The molecular weight excluding hydrogens is 1680 g/mol. The molecule has 4 saturated carbocycles. The molecule has 20 atom stereocenters. The molecule has 634 valence electrons. The number of carbonyl (C=O) groups is 1. The van der Waals surface area contributed by atoms with Gasteiger partial charge in [-0.2, -0.15) is 21.0 Å². The lowest BCUT2D eigenvalue weighted by atomic mass is 9.71. The summed E-state index contributed by atoms with van der Waals surface area (Å²) in [5.41, 5.74) is -5.00. The molecule has 126 heavy (non-hydrogen) atoms. The van der Waals surface area contributed by atoms with Crippen LogP contribution in [0.25, 0.3) is 0 Å². The number of nitriles is 4. The third-order valence-corrected chi connectivity index (χ3v) is 27.3. The summed E-state index contributed by atoms with van der Waals surface area (Å²) in [6.45, 7) is 0.536. The topological polar surface area (TPSA) is 407 Å². The first kappa shape index (κ1) is 86.0. The highest BCUT2D eigenvalue weighted by atomic mass is 35.5. The molecule has 20 rings (SSSR count). The van der Waals surface area contributed by atoms with Gasteiger partial charge >= 0.3 is 0 Å². The summed E-state index contributed by atoms with van der Waals surface area (Å²) >= 11 is 24.6. The number of aliphatic hydroxyl groups excluding tert-OH is 5. The smallest absolute Gasteiger partial charge is 0.181 e. The third kappa shape index (κ3) is 12.6. The maximum atomic E-state index is 12.3. The summed E-state index contributed by atoms with van der Waals surface area (Å²) in [5.74, 6) is -3.44. The normalized spacial score (nSPS) is 30.5. The van der Waals surface area contributed by atoms with E-state index in [4.69, 9.17) is 65.4 Å². The van der Waals surface area contributed by atoms with E-state index in [1.165, 1.54) is 30.9 Å². The minimum atomic E-state index is -2.02. The fourth-order valence-corrected chi connectivity index (χ4v) is 22.0. The van der Waals surface area contributed by atoms with E-state index in [1.807, 2.05) is 135 Å². The summed E-state index contributed by atoms with van der Waals surface area (Å²) < 4.78 is 26.1. The van der Waals surface area contributed by atoms with E-state index in [2.05, 4.69) is 54.8 Å². The maximum Gasteiger partial charge on any atom is 0.181 e. The number of carbonyl (C=O) groups excluding carboxylic acids is 1. The molecule has 0 bridgehead atoms.